The number of carbonyl (C=O) groups excluding carboxylic acids is 2. The van der Waals surface area contributed by atoms with Gasteiger partial charge in [0, 0.05) is 57.4 Å². The minimum atomic E-state index is -0.000669. The van der Waals surface area contributed by atoms with Gasteiger partial charge in [-0.15, -0.1) is 0 Å². The fraction of sp³-hybridized carbons (Fsp3) is 0.464. The molecule has 2 heterocycles. The molecule has 3 aromatic rings. The number of unbranched alkanes of at least 4 members (excludes halogenated alkanes) is 3. The fourth-order valence-corrected chi connectivity index (χ4v) is 4.31. The lowest BCUT2D eigenvalue weighted by atomic mass is 10.1. The average molecular weight is 508 g/mol. The summed E-state index contributed by atoms with van der Waals surface area (Å²) in [6.07, 6.45) is 4.79. The van der Waals surface area contributed by atoms with Crippen molar-refractivity contribution in [3.63, 3.8) is 0 Å². The Labute approximate surface area is 219 Å². The van der Waals surface area contributed by atoms with Gasteiger partial charge < -0.3 is 31.0 Å². The third-order valence-electron chi connectivity index (χ3n) is 6.37. The number of amides is 1. The molecule has 37 heavy (non-hydrogen) atoms. The van der Waals surface area contributed by atoms with Crippen LogP contribution in [0, 0.1) is 0 Å². The predicted octanol–water partition coefficient (Wildman–Crippen LogP) is 2.99. The number of nitrogens with two attached hydrogens (primary N) is 1. The number of H-pyrrole nitrogens is 1. The van der Waals surface area contributed by atoms with Gasteiger partial charge in [-0.1, -0.05) is 18.6 Å². The van der Waals surface area contributed by atoms with Crippen LogP contribution in [0.4, 0.5) is 5.69 Å². The van der Waals surface area contributed by atoms with Gasteiger partial charge in [0.2, 0.25) is 0 Å². The van der Waals surface area contributed by atoms with E-state index in [0.717, 1.165) is 87.4 Å². The van der Waals surface area contributed by atoms with Crippen molar-refractivity contribution in [2.45, 2.75) is 38.8 Å². The predicted molar refractivity (Wildman–Crippen MR) is 150 cm³/mol. The highest BCUT2D eigenvalue weighted by atomic mass is 16.2. The first-order valence-corrected chi connectivity index (χ1v) is 13.1. The molecule has 0 saturated heterocycles. The number of rotatable bonds is 11. The van der Waals surface area contributed by atoms with E-state index in [4.69, 9.17) is 5.73 Å². The monoisotopic (exact) mass is 507 g/mol. The minimum Gasteiger partial charge on any atom is -0.383 e. The SMILES string of the molecule is CNCCN1CCNc2ccc(C(=O)N(C)Cc3nc4ccccc4[nH]3)cc2C1.NCCCCCC=O. The van der Waals surface area contributed by atoms with Crippen LogP contribution in [-0.2, 0) is 17.9 Å². The third kappa shape index (κ3) is 8.66. The van der Waals surface area contributed by atoms with Crippen LogP contribution in [0.15, 0.2) is 42.5 Å². The van der Waals surface area contributed by atoms with Crippen LogP contribution in [0.25, 0.3) is 11.0 Å². The zero-order valence-corrected chi connectivity index (χ0v) is 22.1. The van der Waals surface area contributed by atoms with E-state index in [-0.39, 0.29) is 5.91 Å². The number of nitrogens with zero attached hydrogens (tertiary/aromatic N) is 3. The van der Waals surface area contributed by atoms with E-state index in [0.29, 0.717) is 18.5 Å². The van der Waals surface area contributed by atoms with Crippen molar-refractivity contribution in [1.82, 2.24) is 25.1 Å². The van der Waals surface area contributed by atoms with E-state index in [9.17, 15) is 9.59 Å². The maximum Gasteiger partial charge on any atom is 0.254 e. The summed E-state index contributed by atoms with van der Waals surface area (Å²) in [5.74, 6) is 0.788. The van der Waals surface area contributed by atoms with Crippen molar-refractivity contribution in [3.8, 4) is 0 Å². The van der Waals surface area contributed by atoms with Crippen molar-refractivity contribution < 1.29 is 9.59 Å². The Kier molecular flexibility index (Phi) is 11.5. The summed E-state index contributed by atoms with van der Waals surface area (Å²) in [5.41, 5.74) is 10.1. The summed E-state index contributed by atoms with van der Waals surface area (Å²) in [7, 11) is 3.79. The molecule has 1 aliphatic rings. The van der Waals surface area contributed by atoms with E-state index in [2.05, 4.69) is 25.5 Å². The maximum atomic E-state index is 13.0. The second kappa shape index (κ2) is 15.1. The number of nitrogens with one attached hydrogen (secondary N) is 3. The van der Waals surface area contributed by atoms with Crippen LogP contribution < -0.4 is 16.4 Å². The Balaban J connectivity index is 0.000000414. The first kappa shape index (κ1) is 28.3. The Morgan fingerprint density at radius 2 is 2.05 bits per heavy atom. The van der Waals surface area contributed by atoms with Gasteiger partial charge in [-0.2, -0.15) is 0 Å². The molecule has 1 amide bonds. The van der Waals surface area contributed by atoms with Gasteiger partial charge in [-0.25, -0.2) is 4.98 Å². The number of fused-ring (bicyclic) bond motifs is 2. The molecule has 0 unspecified atom stereocenters. The first-order valence-electron chi connectivity index (χ1n) is 13.1. The zero-order valence-electron chi connectivity index (χ0n) is 22.1. The van der Waals surface area contributed by atoms with E-state index >= 15 is 0 Å². The number of hydrogen-bond acceptors (Lipinski definition) is 7. The molecule has 1 aromatic heterocycles. The number of anilines is 1. The molecular weight excluding hydrogens is 466 g/mol. The molecule has 0 spiro atoms. The summed E-state index contributed by atoms with van der Waals surface area (Å²) < 4.78 is 0. The summed E-state index contributed by atoms with van der Waals surface area (Å²) in [5, 5.41) is 6.68. The molecule has 4 rings (SSSR count). The molecule has 0 radical (unpaired) electrons. The van der Waals surface area contributed by atoms with Crippen LogP contribution in [0.1, 0.15) is 47.4 Å². The van der Waals surface area contributed by atoms with Crippen molar-refractivity contribution in [2.24, 2.45) is 5.73 Å². The molecular formula is C28H41N7O2. The van der Waals surface area contributed by atoms with E-state index in [1.54, 1.807) is 4.90 Å². The number of likely N-dealkylation sites (N-methyl/N-ethyl adjacent to an activating group) is 1. The van der Waals surface area contributed by atoms with Gasteiger partial charge in [0.25, 0.3) is 5.91 Å². The number of benzene rings is 2. The molecule has 9 heteroatoms. The molecule has 1 aliphatic heterocycles. The molecule has 9 nitrogen and oxygen atoms in total. The van der Waals surface area contributed by atoms with Gasteiger partial charge in [-0.05, 0) is 62.3 Å². The Morgan fingerprint density at radius 3 is 2.81 bits per heavy atom. The standard InChI is InChI=1S/C22H28N6O.C6H13NO/c1-23-9-11-28-12-10-24-18-8-7-16(13-17(18)14-28)22(29)27(2)15-21-25-19-5-3-4-6-20(19)26-21;7-5-3-1-2-4-6-8/h3-8,13,23-24H,9-12,14-15H2,1-2H3,(H,25,26);6H,1-5,7H2. The molecule has 0 aliphatic carbocycles. The summed E-state index contributed by atoms with van der Waals surface area (Å²) >= 11 is 0. The zero-order chi connectivity index (χ0) is 26.5. The van der Waals surface area contributed by atoms with Gasteiger partial charge in [-0.3, -0.25) is 9.69 Å². The third-order valence-corrected chi connectivity index (χ3v) is 6.37. The van der Waals surface area contributed by atoms with E-state index < -0.39 is 0 Å². The molecule has 0 atom stereocenters. The number of hydrogen-bond donors (Lipinski definition) is 4. The fourth-order valence-electron chi connectivity index (χ4n) is 4.31. The maximum absolute atomic E-state index is 13.0. The molecule has 0 saturated carbocycles. The second-order valence-electron chi connectivity index (χ2n) is 9.34. The summed E-state index contributed by atoms with van der Waals surface area (Å²) in [6.45, 7) is 5.88. The normalized spacial score (nSPS) is 13.2. The van der Waals surface area contributed by atoms with Gasteiger partial charge in [0.05, 0.1) is 17.6 Å². The molecule has 0 fully saturated rings. The summed E-state index contributed by atoms with van der Waals surface area (Å²) in [4.78, 5) is 34.7. The number of aromatic nitrogens is 2. The number of para-hydroxylation sites is 2. The lowest BCUT2D eigenvalue weighted by Gasteiger charge is -2.20. The number of carbonyl (C=O) groups is 2. The van der Waals surface area contributed by atoms with Crippen LogP contribution in [0.2, 0.25) is 0 Å². The Morgan fingerprint density at radius 1 is 1.22 bits per heavy atom. The highest BCUT2D eigenvalue weighted by Gasteiger charge is 2.18. The summed E-state index contributed by atoms with van der Waals surface area (Å²) in [6, 6.07) is 13.9. The average Bonchev–Trinajstić information content (AvgIpc) is 3.21. The lowest BCUT2D eigenvalue weighted by Crippen LogP contribution is -2.32. The highest BCUT2D eigenvalue weighted by molar-refractivity contribution is 5.94. The Bertz CT molecular complexity index is 1100. The molecule has 200 valence electrons. The quantitative estimate of drug-likeness (QED) is 0.233. The van der Waals surface area contributed by atoms with Crippen molar-refractivity contribution in [3.05, 3.63) is 59.4 Å². The lowest BCUT2D eigenvalue weighted by molar-refractivity contribution is -0.107. The smallest absolute Gasteiger partial charge is 0.254 e. The topological polar surface area (TPSA) is 119 Å². The second-order valence-corrected chi connectivity index (χ2v) is 9.34. The number of aromatic amines is 1. The molecule has 0 bridgehead atoms. The van der Waals surface area contributed by atoms with Crippen LogP contribution in [-0.4, -0.2) is 78.8 Å². The van der Waals surface area contributed by atoms with Gasteiger partial charge in [0.15, 0.2) is 0 Å². The number of aldehydes is 1. The van der Waals surface area contributed by atoms with Gasteiger partial charge >= 0.3 is 0 Å². The van der Waals surface area contributed by atoms with Crippen molar-refractivity contribution in [2.75, 3.05) is 52.1 Å². The Hall–Kier alpha value is -3.27. The van der Waals surface area contributed by atoms with Crippen LogP contribution >= 0.6 is 0 Å². The number of imidazole rings is 1. The molecule has 5 N–H and O–H groups in total. The van der Waals surface area contributed by atoms with Crippen LogP contribution in [0.3, 0.4) is 0 Å². The largest absolute Gasteiger partial charge is 0.383 e. The van der Waals surface area contributed by atoms with Crippen molar-refractivity contribution in [1.29, 1.82) is 0 Å². The minimum absolute atomic E-state index is 0.000669. The van der Waals surface area contributed by atoms with Crippen molar-refractivity contribution >= 4 is 28.9 Å². The molecule has 2 aromatic carbocycles. The van der Waals surface area contributed by atoms with Crippen LogP contribution in [0.5, 0.6) is 0 Å². The van der Waals surface area contributed by atoms with Gasteiger partial charge in [0.1, 0.15) is 12.1 Å². The first-order chi connectivity index (χ1) is 18.0. The highest BCUT2D eigenvalue weighted by Crippen LogP contribution is 2.23. The van der Waals surface area contributed by atoms with E-state index in [1.807, 2.05) is 56.6 Å². The van der Waals surface area contributed by atoms with E-state index in [1.165, 1.54) is 5.56 Å².